The SMILES string of the molecule is C=C1N(CC(=O)Nc2ccc(C(F)(F)F)cc2Cl)C(OC(F)F)=C(N2CCN(C(=O)c3ncnc(C)c3O)CC2)C(=O)N1/N=C(\C)c1ccc2c(c1)COC2. The Hall–Kier alpha value is -5.82. The first-order chi connectivity index (χ1) is 26.0. The van der Waals surface area contributed by atoms with Gasteiger partial charge >= 0.3 is 18.7 Å². The maximum absolute atomic E-state index is 14.3. The van der Waals surface area contributed by atoms with E-state index in [0.29, 0.717) is 36.6 Å². The number of aromatic nitrogens is 2. The lowest BCUT2D eigenvalue weighted by Crippen LogP contribution is -2.54. The summed E-state index contributed by atoms with van der Waals surface area (Å²) >= 11 is 6.04. The van der Waals surface area contributed by atoms with Gasteiger partial charge in [0, 0.05) is 26.2 Å². The van der Waals surface area contributed by atoms with E-state index in [2.05, 4.69) is 27.0 Å². The average molecular weight is 791 g/mol. The molecule has 1 saturated heterocycles. The van der Waals surface area contributed by atoms with Crippen molar-refractivity contribution in [3.05, 3.63) is 105 Å². The maximum Gasteiger partial charge on any atom is 0.416 e. The Morgan fingerprint density at radius 3 is 2.47 bits per heavy atom. The lowest BCUT2D eigenvalue weighted by Gasteiger charge is -2.43. The molecule has 1 fully saturated rings. The number of amides is 3. The molecule has 2 N–H and O–H groups in total. The summed E-state index contributed by atoms with van der Waals surface area (Å²) in [6.45, 7) is 3.08. The van der Waals surface area contributed by atoms with Gasteiger partial charge < -0.3 is 29.7 Å². The Bertz CT molecular complexity index is 2120. The van der Waals surface area contributed by atoms with Crippen LogP contribution in [0.5, 0.6) is 5.75 Å². The van der Waals surface area contributed by atoms with Crippen LogP contribution in [0.2, 0.25) is 5.02 Å². The molecule has 2 aromatic carbocycles. The van der Waals surface area contributed by atoms with Crippen LogP contribution in [-0.2, 0) is 38.5 Å². The molecule has 0 spiro atoms. The van der Waals surface area contributed by atoms with E-state index in [1.165, 1.54) is 16.7 Å². The van der Waals surface area contributed by atoms with E-state index in [9.17, 15) is 41.4 Å². The summed E-state index contributed by atoms with van der Waals surface area (Å²) in [4.78, 5) is 52.4. The van der Waals surface area contributed by atoms with Gasteiger partial charge in [0.25, 0.3) is 5.91 Å². The van der Waals surface area contributed by atoms with Crippen LogP contribution in [0.25, 0.3) is 0 Å². The van der Waals surface area contributed by atoms with Crippen LogP contribution in [0.15, 0.2) is 71.8 Å². The van der Waals surface area contributed by atoms with E-state index >= 15 is 0 Å². The average Bonchev–Trinajstić information content (AvgIpc) is 3.61. The number of benzene rings is 2. The van der Waals surface area contributed by atoms with Crippen molar-refractivity contribution in [2.75, 3.05) is 38.0 Å². The highest BCUT2D eigenvalue weighted by Gasteiger charge is 2.43. The molecule has 14 nitrogen and oxygen atoms in total. The molecule has 0 aliphatic carbocycles. The van der Waals surface area contributed by atoms with Crippen LogP contribution in [0.4, 0.5) is 27.6 Å². The number of hydrogen-bond donors (Lipinski definition) is 2. The van der Waals surface area contributed by atoms with Crippen molar-refractivity contribution in [1.29, 1.82) is 0 Å². The number of fused-ring (bicyclic) bond motifs is 1. The summed E-state index contributed by atoms with van der Waals surface area (Å²) in [5.41, 5.74) is 0.993. The molecule has 0 unspecified atom stereocenters. The van der Waals surface area contributed by atoms with Gasteiger partial charge in [-0.2, -0.15) is 32.1 Å². The number of carbonyl (C=O) groups excluding carboxylic acids is 3. The van der Waals surface area contributed by atoms with Crippen LogP contribution in [-0.4, -0.2) is 97.6 Å². The number of piperazine rings is 1. The number of rotatable bonds is 9. The molecule has 0 radical (unpaired) electrons. The number of carbonyl (C=O) groups is 3. The number of hydrogen-bond acceptors (Lipinski definition) is 11. The summed E-state index contributed by atoms with van der Waals surface area (Å²) < 4.78 is 78.3. The fourth-order valence-electron chi connectivity index (χ4n) is 6.05. The molecule has 20 heteroatoms. The van der Waals surface area contributed by atoms with Gasteiger partial charge in [0.15, 0.2) is 17.1 Å². The second-order valence-corrected chi connectivity index (χ2v) is 12.9. The Balaban J connectivity index is 1.34. The number of halogens is 6. The van der Waals surface area contributed by atoms with Crippen LogP contribution >= 0.6 is 11.6 Å². The summed E-state index contributed by atoms with van der Waals surface area (Å²) in [6.07, 6.45) is -3.59. The lowest BCUT2D eigenvalue weighted by molar-refractivity contribution is -0.144. The van der Waals surface area contributed by atoms with E-state index in [4.69, 9.17) is 21.1 Å². The lowest BCUT2D eigenvalue weighted by atomic mass is 10.0. The Labute approximate surface area is 315 Å². The minimum atomic E-state index is -4.71. The first kappa shape index (κ1) is 38.9. The van der Waals surface area contributed by atoms with Crippen LogP contribution < -0.4 is 5.32 Å². The molecular formula is C35H32ClF5N8O6. The minimum Gasteiger partial charge on any atom is -0.504 e. The highest BCUT2D eigenvalue weighted by Crippen LogP contribution is 2.35. The van der Waals surface area contributed by atoms with E-state index in [1.807, 2.05) is 12.1 Å². The van der Waals surface area contributed by atoms with Gasteiger partial charge in [-0.05, 0) is 54.8 Å². The molecule has 0 atom stereocenters. The Morgan fingerprint density at radius 1 is 1.09 bits per heavy atom. The van der Waals surface area contributed by atoms with Crippen molar-refractivity contribution >= 4 is 40.7 Å². The molecule has 55 heavy (non-hydrogen) atoms. The van der Waals surface area contributed by atoms with Crippen molar-refractivity contribution in [2.45, 2.75) is 39.8 Å². The molecule has 3 aliphatic heterocycles. The normalized spacial score (nSPS) is 16.6. The monoisotopic (exact) mass is 790 g/mol. The number of hydrazone groups is 1. The third-order valence-electron chi connectivity index (χ3n) is 8.95. The summed E-state index contributed by atoms with van der Waals surface area (Å²) in [7, 11) is 0. The number of nitrogens with zero attached hydrogens (tertiary/aromatic N) is 7. The number of ether oxygens (including phenoxy) is 2. The van der Waals surface area contributed by atoms with Gasteiger partial charge in [0.05, 0.1) is 40.9 Å². The van der Waals surface area contributed by atoms with E-state index in [0.717, 1.165) is 33.4 Å². The topological polar surface area (TPSA) is 153 Å². The van der Waals surface area contributed by atoms with Gasteiger partial charge in [0.1, 0.15) is 18.7 Å². The van der Waals surface area contributed by atoms with Crippen LogP contribution in [0.1, 0.15) is 45.4 Å². The highest BCUT2D eigenvalue weighted by molar-refractivity contribution is 6.33. The van der Waals surface area contributed by atoms with Crippen LogP contribution in [0.3, 0.4) is 0 Å². The molecule has 4 heterocycles. The standard InChI is InChI=1S/C35H32ClF5N8O6/c1-18(21-4-5-22-15-54-16-23(22)12-21)45-49-20(3)48(14-27(50)44-26-7-6-24(13-25(26)36)35(39,40)41)33(55-34(37)38)29(32(49)53)46-8-10-47(11-9-46)31(52)28-30(51)19(2)42-17-43-28/h4-7,12-13,17,34,51H,3,8-11,14-16H2,1-2H3,(H,44,50)/b45-18+. The van der Waals surface area contributed by atoms with Crippen molar-refractivity contribution in [3.63, 3.8) is 0 Å². The van der Waals surface area contributed by atoms with Gasteiger partial charge in [-0.25, -0.2) is 9.97 Å². The minimum absolute atomic E-state index is 0.0621. The summed E-state index contributed by atoms with van der Waals surface area (Å²) in [6, 6.07) is 7.67. The Morgan fingerprint density at radius 2 is 1.80 bits per heavy atom. The zero-order valence-electron chi connectivity index (χ0n) is 29.2. The molecule has 290 valence electrons. The smallest absolute Gasteiger partial charge is 0.416 e. The Kier molecular flexibility index (Phi) is 11.0. The van der Waals surface area contributed by atoms with Gasteiger partial charge in [0.2, 0.25) is 11.8 Å². The van der Waals surface area contributed by atoms with E-state index < -0.39 is 65.0 Å². The first-order valence-corrected chi connectivity index (χ1v) is 16.9. The predicted molar refractivity (Wildman–Crippen MR) is 185 cm³/mol. The number of nitrogens with one attached hydrogen (secondary N) is 1. The number of anilines is 1. The molecule has 3 amide bonds. The zero-order valence-corrected chi connectivity index (χ0v) is 29.9. The maximum atomic E-state index is 14.3. The largest absolute Gasteiger partial charge is 0.504 e. The quantitative estimate of drug-likeness (QED) is 0.223. The second-order valence-electron chi connectivity index (χ2n) is 12.5. The van der Waals surface area contributed by atoms with Crippen molar-refractivity contribution < 1.29 is 50.9 Å². The number of aryl methyl sites for hydroxylation is 1. The molecule has 0 saturated carbocycles. The van der Waals surface area contributed by atoms with Crippen molar-refractivity contribution in [1.82, 2.24) is 29.7 Å². The second kappa shape index (κ2) is 15.5. The molecule has 3 aliphatic rings. The van der Waals surface area contributed by atoms with Crippen molar-refractivity contribution in [3.8, 4) is 5.75 Å². The highest BCUT2D eigenvalue weighted by atomic mass is 35.5. The molecular weight excluding hydrogens is 759 g/mol. The molecule has 0 bridgehead atoms. The third kappa shape index (κ3) is 8.16. The fraction of sp³-hybridized carbons (Fsp3) is 0.314. The summed E-state index contributed by atoms with van der Waals surface area (Å²) in [5.74, 6) is -4.08. The first-order valence-electron chi connectivity index (χ1n) is 16.5. The van der Waals surface area contributed by atoms with Gasteiger partial charge in [-0.3, -0.25) is 19.3 Å². The van der Waals surface area contributed by atoms with E-state index in [1.54, 1.807) is 13.0 Å². The molecule has 3 aromatic rings. The third-order valence-corrected chi connectivity index (χ3v) is 9.26. The number of aromatic hydroxyl groups is 1. The summed E-state index contributed by atoms with van der Waals surface area (Å²) in [5, 5.41) is 17.6. The van der Waals surface area contributed by atoms with Crippen molar-refractivity contribution in [2.24, 2.45) is 5.10 Å². The predicted octanol–water partition coefficient (Wildman–Crippen LogP) is 5.04. The fourth-order valence-corrected chi connectivity index (χ4v) is 6.27. The number of alkyl halides is 5. The van der Waals surface area contributed by atoms with Crippen LogP contribution in [0, 0.1) is 6.92 Å². The van der Waals surface area contributed by atoms with Gasteiger partial charge in [-0.15, -0.1) is 0 Å². The van der Waals surface area contributed by atoms with Gasteiger partial charge in [-0.1, -0.05) is 30.3 Å². The molecule has 6 rings (SSSR count). The van der Waals surface area contributed by atoms with E-state index in [-0.39, 0.29) is 49.1 Å². The molecule has 1 aromatic heterocycles. The zero-order chi connectivity index (χ0) is 39.8.